The second-order valence-electron chi connectivity index (χ2n) is 3.60. The van der Waals surface area contributed by atoms with Gasteiger partial charge in [0.25, 0.3) is 0 Å². The molecule has 0 N–H and O–H groups in total. The van der Waals surface area contributed by atoms with E-state index in [1.54, 1.807) is 14.2 Å². The lowest BCUT2D eigenvalue weighted by molar-refractivity contribution is -0.202. The van der Waals surface area contributed by atoms with Crippen molar-refractivity contribution in [1.82, 2.24) is 0 Å². The van der Waals surface area contributed by atoms with Crippen LogP contribution in [-0.2, 0) is 15.3 Å². The highest BCUT2D eigenvalue weighted by atomic mass is 16.7. The SMILES string of the molecule is COC(C)(OC)c1cccc(C)c1C. The quantitative estimate of drug-likeness (QED) is 0.689. The molecule has 0 saturated carbocycles. The molecule has 0 spiro atoms. The summed E-state index contributed by atoms with van der Waals surface area (Å²) in [5.41, 5.74) is 3.56. The summed E-state index contributed by atoms with van der Waals surface area (Å²) in [7, 11) is 3.32. The number of ether oxygens (including phenoxy) is 2. The van der Waals surface area contributed by atoms with Crippen LogP contribution in [-0.4, -0.2) is 14.2 Å². The molecular formula is C12H18O2. The fourth-order valence-corrected chi connectivity index (χ4v) is 1.55. The smallest absolute Gasteiger partial charge is 0.191 e. The summed E-state index contributed by atoms with van der Waals surface area (Å²) in [4.78, 5) is 0. The number of hydrogen-bond acceptors (Lipinski definition) is 2. The molecule has 2 heteroatoms. The van der Waals surface area contributed by atoms with E-state index < -0.39 is 5.79 Å². The van der Waals surface area contributed by atoms with Crippen molar-refractivity contribution in [2.24, 2.45) is 0 Å². The lowest BCUT2D eigenvalue weighted by Crippen LogP contribution is -2.27. The molecule has 0 aliphatic heterocycles. The van der Waals surface area contributed by atoms with E-state index in [0.29, 0.717) is 0 Å². The Kier molecular flexibility index (Phi) is 3.29. The number of methoxy groups -OCH3 is 2. The van der Waals surface area contributed by atoms with Gasteiger partial charge in [0, 0.05) is 19.8 Å². The standard InChI is InChI=1S/C12H18O2/c1-9-7-6-8-11(10(9)2)12(3,13-4)14-5/h6-8H,1-5H3. The van der Waals surface area contributed by atoms with Gasteiger partial charge in [-0.2, -0.15) is 0 Å². The van der Waals surface area contributed by atoms with Gasteiger partial charge in [-0.15, -0.1) is 0 Å². The van der Waals surface area contributed by atoms with Crippen LogP contribution in [0.2, 0.25) is 0 Å². The van der Waals surface area contributed by atoms with Gasteiger partial charge < -0.3 is 9.47 Å². The van der Waals surface area contributed by atoms with Gasteiger partial charge in [0.05, 0.1) is 0 Å². The lowest BCUT2D eigenvalue weighted by atomic mass is 9.97. The Balaban J connectivity index is 3.24. The Hall–Kier alpha value is -0.860. The van der Waals surface area contributed by atoms with Crippen LogP contribution >= 0.6 is 0 Å². The van der Waals surface area contributed by atoms with Crippen LogP contribution in [0.3, 0.4) is 0 Å². The van der Waals surface area contributed by atoms with Gasteiger partial charge in [0.1, 0.15) is 0 Å². The highest BCUT2D eigenvalue weighted by molar-refractivity contribution is 5.35. The van der Waals surface area contributed by atoms with E-state index in [0.717, 1.165) is 5.56 Å². The van der Waals surface area contributed by atoms with Gasteiger partial charge in [-0.1, -0.05) is 18.2 Å². The first-order valence-corrected chi connectivity index (χ1v) is 4.72. The molecule has 0 heterocycles. The molecule has 1 aromatic carbocycles. The highest BCUT2D eigenvalue weighted by Crippen LogP contribution is 2.29. The fourth-order valence-electron chi connectivity index (χ4n) is 1.55. The molecule has 0 saturated heterocycles. The largest absolute Gasteiger partial charge is 0.349 e. The Bertz CT molecular complexity index is 314. The first-order valence-electron chi connectivity index (χ1n) is 4.72. The van der Waals surface area contributed by atoms with Gasteiger partial charge in [-0.05, 0) is 31.9 Å². The van der Waals surface area contributed by atoms with Crippen molar-refractivity contribution in [1.29, 1.82) is 0 Å². The molecule has 0 atom stereocenters. The molecule has 14 heavy (non-hydrogen) atoms. The van der Waals surface area contributed by atoms with E-state index in [2.05, 4.69) is 19.9 Å². The van der Waals surface area contributed by atoms with Crippen molar-refractivity contribution >= 4 is 0 Å². The van der Waals surface area contributed by atoms with Crippen molar-refractivity contribution < 1.29 is 9.47 Å². The molecule has 0 aliphatic carbocycles. The average Bonchev–Trinajstić information content (AvgIpc) is 2.21. The van der Waals surface area contributed by atoms with Crippen molar-refractivity contribution in [2.45, 2.75) is 26.6 Å². The molecule has 0 aromatic heterocycles. The third-order valence-electron chi connectivity index (χ3n) is 2.87. The minimum atomic E-state index is -0.643. The number of rotatable bonds is 3. The van der Waals surface area contributed by atoms with Gasteiger partial charge in [-0.25, -0.2) is 0 Å². The molecule has 0 fully saturated rings. The summed E-state index contributed by atoms with van der Waals surface area (Å²) >= 11 is 0. The molecular weight excluding hydrogens is 176 g/mol. The van der Waals surface area contributed by atoms with Gasteiger partial charge in [0.15, 0.2) is 5.79 Å². The van der Waals surface area contributed by atoms with Crippen LogP contribution in [0.4, 0.5) is 0 Å². The van der Waals surface area contributed by atoms with E-state index in [1.165, 1.54) is 11.1 Å². The second kappa shape index (κ2) is 4.11. The molecule has 0 radical (unpaired) electrons. The van der Waals surface area contributed by atoms with Crippen LogP contribution in [0.15, 0.2) is 18.2 Å². The van der Waals surface area contributed by atoms with Gasteiger partial charge >= 0.3 is 0 Å². The molecule has 1 rings (SSSR count). The van der Waals surface area contributed by atoms with E-state index in [4.69, 9.17) is 9.47 Å². The molecule has 1 aromatic rings. The van der Waals surface area contributed by atoms with Crippen LogP contribution < -0.4 is 0 Å². The molecule has 0 amide bonds. The summed E-state index contributed by atoms with van der Waals surface area (Å²) in [6.07, 6.45) is 0. The zero-order valence-corrected chi connectivity index (χ0v) is 9.55. The number of aryl methyl sites for hydroxylation is 1. The van der Waals surface area contributed by atoms with Crippen molar-refractivity contribution in [3.63, 3.8) is 0 Å². The normalized spacial score (nSPS) is 11.8. The Labute approximate surface area is 85.8 Å². The summed E-state index contributed by atoms with van der Waals surface area (Å²) in [5.74, 6) is -0.643. The number of benzene rings is 1. The van der Waals surface area contributed by atoms with Crippen LogP contribution in [0.1, 0.15) is 23.6 Å². The molecule has 0 aliphatic rings. The average molecular weight is 194 g/mol. The fraction of sp³-hybridized carbons (Fsp3) is 0.500. The maximum absolute atomic E-state index is 5.39. The number of hydrogen-bond donors (Lipinski definition) is 0. The van der Waals surface area contributed by atoms with Crippen LogP contribution in [0, 0.1) is 13.8 Å². The van der Waals surface area contributed by atoms with Crippen LogP contribution in [0.25, 0.3) is 0 Å². The lowest BCUT2D eigenvalue weighted by Gasteiger charge is -2.28. The van der Waals surface area contributed by atoms with Gasteiger partial charge in [-0.3, -0.25) is 0 Å². The Morgan fingerprint density at radius 1 is 1.07 bits per heavy atom. The maximum atomic E-state index is 5.39. The molecule has 0 bridgehead atoms. The monoisotopic (exact) mass is 194 g/mol. The zero-order valence-electron chi connectivity index (χ0n) is 9.55. The predicted octanol–water partition coefficient (Wildman–Crippen LogP) is 2.77. The first-order chi connectivity index (χ1) is 6.55. The van der Waals surface area contributed by atoms with Crippen molar-refractivity contribution in [2.75, 3.05) is 14.2 Å². The van der Waals surface area contributed by atoms with E-state index in [1.807, 2.05) is 19.1 Å². The van der Waals surface area contributed by atoms with E-state index in [9.17, 15) is 0 Å². The summed E-state index contributed by atoms with van der Waals surface area (Å²) < 4.78 is 10.8. The Morgan fingerprint density at radius 3 is 2.14 bits per heavy atom. The minimum absolute atomic E-state index is 0.643. The third-order valence-corrected chi connectivity index (χ3v) is 2.87. The molecule has 78 valence electrons. The Morgan fingerprint density at radius 2 is 1.64 bits per heavy atom. The highest BCUT2D eigenvalue weighted by Gasteiger charge is 2.27. The second-order valence-corrected chi connectivity index (χ2v) is 3.60. The van der Waals surface area contributed by atoms with Gasteiger partial charge in [0.2, 0.25) is 0 Å². The summed E-state index contributed by atoms with van der Waals surface area (Å²) in [6.45, 7) is 6.10. The minimum Gasteiger partial charge on any atom is -0.349 e. The van der Waals surface area contributed by atoms with Crippen LogP contribution in [0.5, 0.6) is 0 Å². The van der Waals surface area contributed by atoms with Crippen molar-refractivity contribution in [3.05, 3.63) is 34.9 Å². The summed E-state index contributed by atoms with van der Waals surface area (Å²) in [6, 6.07) is 6.15. The topological polar surface area (TPSA) is 18.5 Å². The van der Waals surface area contributed by atoms with E-state index in [-0.39, 0.29) is 0 Å². The summed E-state index contributed by atoms with van der Waals surface area (Å²) in [5, 5.41) is 0. The zero-order chi connectivity index (χ0) is 10.8. The predicted molar refractivity (Wildman–Crippen MR) is 57.3 cm³/mol. The third kappa shape index (κ3) is 1.81. The first kappa shape index (κ1) is 11.2. The van der Waals surface area contributed by atoms with Crippen molar-refractivity contribution in [3.8, 4) is 0 Å². The van der Waals surface area contributed by atoms with E-state index >= 15 is 0 Å². The molecule has 2 nitrogen and oxygen atoms in total. The maximum Gasteiger partial charge on any atom is 0.191 e. The molecule has 0 unspecified atom stereocenters.